The molecule has 1 aliphatic carbocycles. The Hall–Kier alpha value is -1.80. The fourth-order valence-electron chi connectivity index (χ4n) is 2.42. The zero-order chi connectivity index (χ0) is 12.5. The summed E-state index contributed by atoms with van der Waals surface area (Å²) in [6.45, 7) is 0.0593. The largest absolute Gasteiger partial charge is 0.399 e. The van der Waals surface area contributed by atoms with Crippen LogP contribution in [0.15, 0.2) is 42.5 Å². The number of benzene rings is 2. The highest BCUT2D eigenvalue weighted by molar-refractivity contribution is 5.71. The number of aliphatic hydroxyl groups excluding tert-OH is 1. The predicted octanol–water partition coefficient (Wildman–Crippen LogP) is 3.31. The first-order valence-corrected chi connectivity index (χ1v) is 6.37. The maximum atomic E-state index is 9.41. The van der Waals surface area contributed by atoms with Gasteiger partial charge in [0.1, 0.15) is 0 Å². The summed E-state index contributed by atoms with van der Waals surface area (Å²) in [5.74, 6) is 0.688. The van der Waals surface area contributed by atoms with Crippen LogP contribution in [0.3, 0.4) is 0 Å². The molecule has 0 unspecified atom stereocenters. The fourth-order valence-corrected chi connectivity index (χ4v) is 2.42. The summed E-state index contributed by atoms with van der Waals surface area (Å²) >= 11 is 0. The van der Waals surface area contributed by atoms with Crippen LogP contribution in [0, 0.1) is 0 Å². The van der Waals surface area contributed by atoms with Gasteiger partial charge in [-0.15, -0.1) is 0 Å². The molecule has 0 bridgehead atoms. The molecule has 92 valence electrons. The van der Waals surface area contributed by atoms with Crippen molar-refractivity contribution in [2.24, 2.45) is 0 Å². The topological polar surface area (TPSA) is 46.2 Å². The van der Waals surface area contributed by atoms with Crippen LogP contribution in [0.25, 0.3) is 11.1 Å². The van der Waals surface area contributed by atoms with E-state index in [-0.39, 0.29) is 6.61 Å². The monoisotopic (exact) mass is 239 g/mol. The Balaban J connectivity index is 2.10. The lowest BCUT2D eigenvalue weighted by Crippen LogP contribution is -1.93. The van der Waals surface area contributed by atoms with E-state index in [2.05, 4.69) is 12.1 Å². The van der Waals surface area contributed by atoms with Gasteiger partial charge in [0.2, 0.25) is 0 Å². The van der Waals surface area contributed by atoms with Crippen LogP contribution >= 0.6 is 0 Å². The molecule has 0 aromatic heterocycles. The average molecular weight is 239 g/mol. The molecule has 1 aliphatic rings. The second-order valence-corrected chi connectivity index (χ2v) is 4.98. The molecule has 0 spiro atoms. The smallest absolute Gasteiger partial charge is 0.0687 e. The molecular weight excluding hydrogens is 222 g/mol. The van der Waals surface area contributed by atoms with Gasteiger partial charge in [0.15, 0.2) is 0 Å². The number of hydrogen-bond acceptors (Lipinski definition) is 2. The standard InChI is InChI=1S/C16H17NO/c17-15-8-13(11-5-6-11)7-14(9-15)16-4-2-1-3-12(16)10-18/h1-4,7-9,11,18H,5-6,10,17H2. The molecule has 2 aromatic rings. The van der Waals surface area contributed by atoms with Gasteiger partial charge in [0, 0.05) is 5.69 Å². The van der Waals surface area contributed by atoms with Gasteiger partial charge in [0.05, 0.1) is 6.61 Å². The van der Waals surface area contributed by atoms with Crippen molar-refractivity contribution in [3.8, 4) is 11.1 Å². The highest BCUT2D eigenvalue weighted by Gasteiger charge is 2.24. The number of nitrogen functional groups attached to an aromatic ring is 1. The molecule has 2 nitrogen and oxygen atoms in total. The summed E-state index contributed by atoms with van der Waals surface area (Å²) in [6.07, 6.45) is 2.54. The first-order valence-electron chi connectivity index (χ1n) is 6.37. The van der Waals surface area contributed by atoms with E-state index < -0.39 is 0 Å². The zero-order valence-corrected chi connectivity index (χ0v) is 10.3. The van der Waals surface area contributed by atoms with Gasteiger partial charge >= 0.3 is 0 Å². The van der Waals surface area contributed by atoms with Crippen LogP contribution in [-0.4, -0.2) is 5.11 Å². The highest BCUT2D eigenvalue weighted by atomic mass is 16.3. The van der Waals surface area contributed by atoms with Crippen LogP contribution in [0.5, 0.6) is 0 Å². The van der Waals surface area contributed by atoms with E-state index in [1.165, 1.54) is 18.4 Å². The molecule has 0 radical (unpaired) electrons. The van der Waals surface area contributed by atoms with E-state index in [0.717, 1.165) is 22.4 Å². The Bertz CT molecular complexity index is 573. The molecule has 2 heteroatoms. The number of anilines is 1. The third kappa shape index (κ3) is 2.12. The molecule has 0 saturated heterocycles. The van der Waals surface area contributed by atoms with E-state index in [1.54, 1.807) is 0 Å². The molecule has 3 rings (SSSR count). The van der Waals surface area contributed by atoms with Gasteiger partial charge in [-0.25, -0.2) is 0 Å². The summed E-state index contributed by atoms with van der Waals surface area (Å²) < 4.78 is 0. The summed E-state index contributed by atoms with van der Waals surface area (Å²) in [4.78, 5) is 0. The number of hydrogen-bond donors (Lipinski definition) is 2. The van der Waals surface area contributed by atoms with Gasteiger partial charge in [-0.3, -0.25) is 0 Å². The summed E-state index contributed by atoms with van der Waals surface area (Å²) in [6, 6.07) is 14.2. The van der Waals surface area contributed by atoms with Crippen molar-refractivity contribution in [1.29, 1.82) is 0 Å². The maximum absolute atomic E-state index is 9.41. The second-order valence-electron chi connectivity index (χ2n) is 4.98. The normalized spacial score (nSPS) is 14.7. The van der Waals surface area contributed by atoms with Crippen molar-refractivity contribution in [2.75, 3.05) is 5.73 Å². The number of aliphatic hydroxyl groups is 1. The molecule has 1 saturated carbocycles. The van der Waals surface area contributed by atoms with E-state index in [9.17, 15) is 5.11 Å². The third-order valence-electron chi connectivity index (χ3n) is 3.53. The first-order chi connectivity index (χ1) is 8.78. The van der Waals surface area contributed by atoms with E-state index in [1.807, 2.05) is 30.3 Å². The van der Waals surface area contributed by atoms with Crippen molar-refractivity contribution < 1.29 is 5.11 Å². The minimum absolute atomic E-state index is 0.0593. The van der Waals surface area contributed by atoms with Crippen LogP contribution in [0.2, 0.25) is 0 Å². The van der Waals surface area contributed by atoms with Crippen molar-refractivity contribution in [2.45, 2.75) is 25.4 Å². The number of nitrogens with two attached hydrogens (primary N) is 1. The average Bonchev–Trinajstić information content (AvgIpc) is 3.22. The Kier molecular flexibility index (Phi) is 2.80. The minimum Gasteiger partial charge on any atom is -0.399 e. The molecule has 1 fully saturated rings. The Morgan fingerprint density at radius 2 is 1.89 bits per heavy atom. The molecule has 3 N–H and O–H groups in total. The third-order valence-corrected chi connectivity index (χ3v) is 3.53. The van der Waals surface area contributed by atoms with Gasteiger partial charge in [0.25, 0.3) is 0 Å². The Labute approximate surface area is 107 Å². The van der Waals surface area contributed by atoms with E-state index in [4.69, 9.17) is 5.73 Å². The van der Waals surface area contributed by atoms with Gasteiger partial charge in [-0.2, -0.15) is 0 Å². The highest BCUT2D eigenvalue weighted by Crippen LogP contribution is 2.42. The van der Waals surface area contributed by atoms with E-state index >= 15 is 0 Å². The van der Waals surface area contributed by atoms with Crippen molar-refractivity contribution in [1.82, 2.24) is 0 Å². The molecule has 0 amide bonds. The molecule has 18 heavy (non-hydrogen) atoms. The second kappa shape index (κ2) is 4.46. The van der Waals surface area contributed by atoms with Crippen molar-refractivity contribution in [3.63, 3.8) is 0 Å². The Morgan fingerprint density at radius 1 is 1.11 bits per heavy atom. The maximum Gasteiger partial charge on any atom is 0.0687 e. The molecule has 2 aromatic carbocycles. The quantitative estimate of drug-likeness (QED) is 0.807. The number of rotatable bonds is 3. The van der Waals surface area contributed by atoms with Crippen LogP contribution in [-0.2, 0) is 6.61 Å². The van der Waals surface area contributed by atoms with Crippen LogP contribution in [0.1, 0.15) is 29.9 Å². The van der Waals surface area contributed by atoms with Crippen LogP contribution in [0.4, 0.5) is 5.69 Å². The fraction of sp³-hybridized carbons (Fsp3) is 0.250. The van der Waals surface area contributed by atoms with Crippen molar-refractivity contribution in [3.05, 3.63) is 53.6 Å². The Morgan fingerprint density at radius 3 is 2.61 bits per heavy atom. The zero-order valence-electron chi connectivity index (χ0n) is 10.3. The summed E-state index contributed by atoms with van der Waals surface area (Å²) in [5, 5.41) is 9.41. The summed E-state index contributed by atoms with van der Waals surface area (Å²) in [7, 11) is 0. The van der Waals surface area contributed by atoms with Crippen LogP contribution < -0.4 is 5.73 Å². The SMILES string of the molecule is Nc1cc(-c2ccccc2CO)cc(C2CC2)c1. The van der Waals surface area contributed by atoms with E-state index in [0.29, 0.717) is 5.92 Å². The lowest BCUT2D eigenvalue weighted by molar-refractivity contribution is 0.282. The summed E-state index contributed by atoms with van der Waals surface area (Å²) in [5.41, 5.74) is 11.3. The predicted molar refractivity (Wildman–Crippen MR) is 74.2 cm³/mol. The lowest BCUT2D eigenvalue weighted by atomic mass is 9.96. The van der Waals surface area contributed by atoms with Gasteiger partial charge in [-0.05, 0) is 53.1 Å². The molecule has 0 aliphatic heterocycles. The van der Waals surface area contributed by atoms with Crippen molar-refractivity contribution >= 4 is 5.69 Å². The van der Waals surface area contributed by atoms with Gasteiger partial charge < -0.3 is 10.8 Å². The lowest BCUT2D eigenvalue weighted by Gasteiger charge is -2.10. The molecular formula is C16H17NO. The van der Waals surface area contributed by atoms with Gasteiger partial charge in [-0.1, -0.05) is 30.3 Å². The minimum atomic E-state index is 0.0593. The first kappa shape index (κ1) is 11.3. The molecule has 0 heterocycles. The molecule has 0 atom stereocenters.